The van der Waals surface area contributed by atoms with Gasteiger partial charge in [-0.3, -0.25) is 0 Å². The Morgan fingerprint density at radius 3 is 2.59 bits per heavy atom. The zero-order chi connectivity index (χ0) is 19.6. The van der Waals surface area contributed by atoms with Gasteiger partial charge >= 0.3 is 5.97 Å². The molecule has 2 heterocycles. The monoisotopic (exact) mass is 408 g/mol. The fourth-order valence-corrected chi connectivity index (χ4v) is 5.82. The maximum absolute atomic E-state index is 12.6. The Balaban J connectivity index is 1.97. The molecule has 0 saturated carbocycles. The molecule has 1 aromatic carbocycles. The molecule has 9 heteroatoms. The number of benzene rings is 1. The largest absolute Gasteiger partial charge is 0.870 e. The average Bonchev–Trinajstić information content (AvgIpc) is 3.33. The van der Waals surface area contributed by atoms with Gasteiger partial charge in [0.05, 0.1) is 12.7 Å². The minimum atomic E-state index is -3.60. The Kier molecular flexibility index (Phi) is 5.54. The molecule has 1 saturated heterocycles. The topological polar surface area (TPSA) is 107 Å². The van der Waals surface area contributed by atoms with Crippen molar-refractivity contribution in [2.45, 2.75) is 17.1 Å². The van der Waals surface area contributed by atoms with E-state index in [1.165, 1.54) is 47.8 Å². The van der Waals surface area contributed by atoms with E-state index >= 15 is 0 Å². The van der Waals surface area contributed by atoms with E-state index in [-0.39, 0.29) is 21.3 Å². The number of thiophene rings is 1. The van der Waals surface area contributed by atoms with Gasteiger partial charge in [-0.15, -0.1) is 11.3 Å². The SMILES string of the molecule is COc1cc(/C=C(\C(=O)O)c2ccc(S(=O)(=O)N3CCCC3)s2)ccc1[O-]. The van der Waals surface area contributed by atoms with Crippen LogP contribution >= 0.6 is 11.3 Å². The van der Waals surface area contributed by atoms with E-state index in [1.54, 1.807) is 0 Å². The second-order valence-corrected chi connectivity index (χ2v) is 9.25. The number of methoxy groups -OCH3 is 1. The predicted molar refractivity (Wildman–Crippen MR) is 100 cm³/mol. The van der Waals surface area contributed by atoms with Crippen molar-refractivity contribution in [3.63, 3.8) is 0 Å². The van der Waals surface area contributed by atoms with Crippen LogP contribution in [0.15, 0.2) is 34.5 Å². The van der Waals surface area contributed by atoms with Gasteiger partial charge in [0.25, 0.3) is 10.0 Å². The number of ether oxygens (including phenoxy) is 1. The number of carboxylic acid groups (broad SMARTS) is 1. The van der Waals surface area contributed by atoms with Crippen LogP contribution in [0.5, 0.6) is 11.5 Å². The molecule has 2 aromatic rings. The van der Waals surface area contributed by atoms with Crippen LogP contribution in [0.4, 0.5) is 0 Å². The van der Waals surface area contributed by atoms with Gasteiger partial charge in [0.1, 0.15) is 9.96 Å². The molecular weight excluding hydrogens is 390 g/mol. The fraction of sp³-hybridized carbons (Fsp3) is 0.278. The Morgan fingerprint density at radius 2 is 1.96 bits per heavy atom. The molecule has 0 bridgehead atoms. The third kappa shape index (κ3) is 4.00. The van der Waals surface area contributed by atoms with Crippen LogP contribution in [0.2, 0.25) is 0 Å². The van der Waals surface area contributed by atoms with Crippen molar-refractivity contribution in [1.82, 2.24) is 4.31 Å². The summed E-state index contributed by atoms with van der Waals surface area (Å²) >= 11 is 0.924. The molecule has 3 rings (SSSR count). The van der Waals surface area contributed by atoms with Gasteiger partial charge in [-0.25, -0.2) is 13.2 Å². The smallest absolute Gasteiger partial charge is 0.337 e. The lowest BCUT2D eigenvalue weighted by atomic mass is 10.1. The van der Waals surface area contributed by atoms with Crippen LogP contribution in [0.1, 0.15) is 23.3 Å². The highest BCUT2D eigenvalue weighted by molar-refractivity contribution is 7.91. The van der Waals surface area contributed by atoms with E-state index in [1.807, 2.05) is 0 Å². The molecule has 1 aliphatic rings. The van der Waals surface area contributed by atoms with Crippen LogP contribution in [0, 0.1) is 0 Å². The molecular formula is C18H18NO6S2-. The van der Waals surface area contributed by atoms with E-state index in [0.29, 0.717) is 23.5 Å². The van der Waals surface area contributed by atoms with Crippen molar-refractivity contribution in [1.29, 1.82) is 0 Å². The van der Waals surface area contributed by atoms with Crippen molar-refractivity contribution in [2.24, 2.45) is 0 Å². The van der Waals surface area contributed by atoms with E-state index in [4.69, 9.17) is 4.74 Å². The first kappa shape index (κ1) is 19.4. The summed E-state index contributed by atoms with van der Waals surface area (Å²) < 4.78 is 31.8. The highest BCUT2D eigenvalue weighted by Gasteiger charge is 2.29. The molecule has 144 valence electrons. The minimum absolute atomic E-state index is 0.0522. The van der Waals surface area contributed by atoms with Gasteiger partial charge in [-0.05, 0) is 42.7 Å². The standard InChI is InChI=1S/C18H19NO6S2/c1-25-15-11-12(4-5-14(15)20)10-13(18(21)22)16-6-7-17(26-16)27(23,24)19-8-2-3-9-19/h4-7,10-11,20H,2-3,8-9H2,1H3,(H,21,22)/p-1/b13-10-. The van der Waals surface area contributed by atoms with Gasteiger partial charge in [0.15, 0.2) is 0 Å². The molecule has 1 fully saturated rings. The molecule has 1 N–H and O–H groups in total. The summed E-state index contributed by atoms with van der Waals surface area (Å²) in [6.45, 7) is 0.969. The van der Waals surface area contributed by atoms with Gasteiger partial charge in [-0.2, -0.15) is 4.31 Å². The van der Waals surface area contributed by atoms with E-state index in [0.717, 1.165) is 24.2 Å². The Bertz CT molecular complexity index is 987. The molecule has 7 nitrogen and oxygen atoms in total. The zero-order valence-corrected chi connectivity index (χ0v) is 16.2. The summed E-state index contributed by atoms with van der Waals surface area (Å²) in [7, 11) is -2.24. The molecule has 0 unspecified atom stereocenters. The second-order valence-electron chi connectivity index (χ2n) is 6.00. The van der Waals surface area contributed by atoms with Crippen molar-refractivity contribution < 1.29 is 28.2 Å². The summed E-state index contributed by atoms with van der Waals surface area (Å²) in [6.07, 6.45) is 3.05. The summed E-state index contributed by atoms with van der Waals surface area (Å²) in [5.41, 5.74) is 0.421. The Hall–Kier alpha value is -2.36. The Labute approximate surface area is 161 Å². The van der Waals surface area contributed by atoms with Crippen molar-refractivity contribution in [3.8, 4) is 11.5 Å². The summed E-state index contributed by atoms with van der Waals surface area (Å²) in [4.78, 5) is 12.1. The average molecular weight is 408 g/mol. The maximum Gasteiger partial charge on any atom is 0.337 e. The van der Waals surface area contributed by atoms with E-state index in [2.05, 4.69) is 0 Å². The molecule has 1 aromatic heterocycles. The van der Waals surface area contributed by atoms with E-state index < -0.39 is 16.0 Å². The minimum Gasteiger partial charge on any atom is -0.870 e. The third-order valence-electron chi connectivity index (χ3n) is 4.24. The third-order valence-corrected chi connectivity index (χ3v) is 7.72. The van der Waals surface area contributed by atoms with Crippen molar-refractivity contribution in [3.05, 3.63) is 40.8 Å². The normalized spacial score (nSPS) is 15.8. The van der Waals surface area contributed by atoms with Gasteiger partial charge in [0.2, 0.25) is 0 Å². The number of nitrogens with zero attached hydrogens (tertiary/aromatic N) is 1. The molecule has 27 heavy (non-hydrogen) atoms. The number of hydrogen-bond donors (Lipinski definition) is 1. The second kappa shape index (κ2) is 7.71. The van der Waals surface area contributed by atoms with Gasteiger partial charge < -0.3 is 14.9 Å². The van der Waals surface area contributed by atoms with E-state index in [9.17, 15) is 23.4 Å². The van der Waals surface area contributed by atoms with Crippen LogP contribution in [-0.2, 0) is 14.8 Å². The zero-order valence-electron chi connectivity index (χ0n) is 14.5. The van der Waals surface area contributed by atoms with Crippen LogP contribution in [-0.4, -0.2) is 44.0 Å². The molecule has 0 radical (unpaired) electrons. The molecule has 0 amide bonds. The van der Waals surface area contributed by atoms with Crippen LogP contribution in [0.25, 0.3) is 11.6 Å². The quantitative estimate of drug-likeness (QED) is 0.735. The molecule has 0 spiro atoms. The first-order valence-corrected chi connectivity index (χ1v) is 10.5. The number of aliphatic carboxylic acids is 1. The molecule has 1 aliphatic heterocycles. The highest BCUT2D eigenvalue weighted by atomic mass is 32.2. The number of rotatable bonds is 6. The number of carbonyl (C=O) groups is 1. The summed E-state index contributed by atoms with van der Waals surface area (Å²) in [5.74, 6) is -1.38. The van der Waals surface area contributed by atoms with Crippen molar-refractivity contribution >= 4 is 39.0 Å². The lowest BCUT2D eigenvalue weighted by molar-refractivity contribution is -0.270. The summed E-state index contributed by atoms with van der Waals surface area (Å²) in [6, 6.07) is 7.16. The maximum atomic E-state index is 12.6. The van der Waals surface area contributed by atoms with Gasteiger partial charge in [-0.1, -0.05) is 17.9 Å². The highest BCUT2D eigenvalue weighted by Crippen LogP contribution is 2.33. The lowest BCUT2D eigenvalue weighted by Crippen LogP contribution is -2.27. The van der Waals surface area contributed by atoms with Gasteiger partial charge in [0, 0.05) is 18.0 Å². The fourth-order valence-electron chi connectivity index (χ4n) is 2.84. The predicted octanol–water partition coefficient (Wildman–Crippen LogP) is 2.24. The molecule has 0 atom stereocenters. The number of carboxylic acids is 1. The molecule has 0 aliphatic carbocycles. The Morgan fingerprint density at radius 1 is 1.26 bits per heavy atom. The van der Waals surface area contributed by atoms with Crippen LogP contribution in [0.3, 0.4) is 0 Å². The first-order valence-electron chi connectivity index (χ1n) is 8.23. The number of sulfonamides is 1. The van der Waals surface area contributed by atoms with Crippen LogP contribution < -0.4 is 9.84 Å². The first-order chi connectivity index (χ1) is 12.8. The van der Waals surface area contributed by atoms with Crippen molar-refractivity contribution in [2.75, 3.05) is 20.2 Å². The summed E-state index contributed by atoms with van der Waals surface area (Å²) in [5, 5.41) is 21.2. The number of hydrogen-bond acceptors (Lipinski definition) is 6. The lowest BCUT2D eigenvalue weighted by Gasteiger charge is -2.13.